The maximum Gasteiger partial charge on any atom is 0.339 e. The highest BCUT2D eigenvalue weighted by Gasteiger charge is 2.09. The summed E-state index contributed by atoms with van der Waals surface area (Å²) in [5, 5.41) is 12.3. The number of rotatable bonds is 6. The molecule has 2 N–H and O–H groups in total. The summed E-state index contributed by atoms with van der Waals surface area (Å²) in [4.78, 5) is 11.0. The number of ether oxygens (including phenoxy) is 1. The number of hydrogen-bond donors (Lipinski definition) is 2. The van der Waals surface area contributed by atoms with Crippen molar-refractivity contribution in [1.29, 1.82) is 0 Å². The molecule has 0 saturated carbocycles. The minimum absolute atomic E-state index is 0.176. The molecular weight excluding hydrogens is 334 g/mol. The van der Waals surface area contributed by atoms with Crippen LogP contribution in [0.3, 0.4) is 0 Å². The lowest BCUT2D eigenvalue weighted by Crippen LogP contribution is -2.13. The van der Waals surface area contributed by atoms with Crippen LogP contribution in [-0.2, 0) is 0 Å². The fraction of sp³-hybridized carbons (Fsp3) is 0.188. The van der Waals surface area contributed by atoms with Gasteiger partial charge in [0, 0.05) is 16.7 Å². The number of para-hydroxylation sites is 1. The predicted octanol–water partition coefficient (Wildman–Crippen LogP) is 3.95. The highest BCUT2D eigenvalue weighted by Crippen LogP contribution is 2.21. The van der Waals surface area contributed by atoms with Crippen molar-refractivity contribution in [3.8, 4) is 5.75 Å². The van der Waals surface area contributed by atoms with Gasteiger partial charge in [-0.3, -0.25) is 0 Å². The van der Waals surface area contributed by atoms with Crippen molar-refractivity contribution < 1.29 is 14.6 Å². The monoisotopic (exact) mass is 349 g/mol. The Morgan fingerprint density at radius 1 is 1.29 bits per heavy atom. The summed E-state index contributed by atoms with van der Waals surface area (Å²) in [5.41, 5.74) is 2.34. The Morgan fingerprint density at radius 3 is 2.76 bits per heavy atom. The molecule has 0 aromatic heterocycles. The van der Waals surface area contributed by atoms with Crippen molar-refractivity contribution in [2.24, 2.45) is 0 Å². The molecule has 110 valence electrons. The lowest BCUT2D eigenvalue weighted by Gasteiger charge is -2.11. The highest BCUT2D eigenvalue weighted by molar-refractivity contribution is 9.10. The van der Waals surface area contributed by atoms with E-state index in [0.29, 0.717) is 18.9 Å². The zero-order valence-electron chi connectivity index (χ0n) is 11.6. The first-order valence-corrected chi connectivity index (χ1v) is 7.32. The van der Waals surface area contributed by atoms with Gasteiger partial charge >= 0.3 is 5.97 Å². The van der Waals surface area contributed by atoms with Crippen LogP contribution in [0.4, 0.5) is 5.69 Å². The van der Waals surface area contributed by atoms with Crippen LogP contribution >= 0.6 is 15.9 Å². The van der Waals surface area contributed by atoms with Crippen molar-refractivity contribution in [3.05, 3.63) is 58.1 Å². The second-order valence-corrected chi connectivity index (χ2v) is 5.39. The zero-order valence-corrected chi connectivity index (χ0v) is 13.2. The second-order valence-electron chi connectivity index (χ2n) is 4.54. The Bertz CT molecular complexity index is 643. The summed E-state index contributed by atoms with van der Waals surface area (Å²) in [5.74, 6) is -0.599. The molecular formula is C16H16BrNO3. The van der Waals surface area contributed by atoms with Gasteiger partial charge in [0.2, 0.25) is 0 Å². The largest absolute Gasteiger partial charge is 0.491 e. The van der Waals surface area contributed by atoms with Gasteiger partial charge in [-0.15, -0.1) is 0 Å². The van der Waals surface area contributed by atoms with Crippen LogP contribution in [0.5, 0.6) is 5.75 Å². The van der Waals surface area contributed by atoms with E-state index in [1.807, 2.05) is 25.1 Å². The van der Waals surface area contributed by atoms with Gasteiger partial charge in [-0.05, 0) is 36.8 Å². The van der Waals surface area contributed by atoms with Gasteiger partial charge in [-0.25, -0.2) is 4.79 Å². The fourth-order valence-electron chi connectivity index (χ4n) is 1.83. The molecule has 2 aromatic rings. The van der Waals surface area contributed by atoms with Crippen LogP contribution in [0.15, 0.2) is 46.9 Å². The third kappa shape index (κ3) is 4.23. The summed E-state index contributed by atoms with van der Waals surface area (Å²) in [6.07, 6.45) is 0. The number of aryl methyl sites for hydroxylation is 1. The Morgan fingerprint density at radius 2 is 2.05 bits per heavy atom. The molecule has 0 fully saturated rings. The normalized spacial score (nSPS) is 10.2. The van der Waals surface area contributed by atoms with Gasteiger partial charge in [0.25, 0.3) is 0 Å². The molecule has 0 amide bonds. The average Bonchev–Trinajstić information content (AvgIpc) is 2.47. The van der Waals surface area contributed by atoms with Gasteiger partial charge < -0.3 is 15.2 Å². The first-order chi connectivity index (χ1) is 10.1. The standard InChI is InChI=1S/C16H16BrNO3/c1-11-6-7-12(10-14(11)17)18-8-9-21-15-5-3-2-4-13(15)16(19)20/h2-7,10,18H,8-9H2,1H3,(H,19,20). The van der Waals surface area contributed by atoms with Gasteiger partial charge in [0.15, 0.2) is 0 Å². The molecule has 21 heavy (non-hydrogen) atoms. The van der Waals surface area contributed by atoms with E-state index in [9.17, 15) is 4.79 Å². The Labute approximate surface area is 131 Å². The van der Waals surface area contributed by atoms with Crippen LogP contribution in [0.25, 0.3) is 0 Å². The van der Waals surface area contributed by atoms with Crippen LogP contribution in [0.2, 0.25) is 0 Å². The van der Waals surface area contributed by atoms with Crippen molar-refractivity contribution in [2.45, 2.75) is 6.92 Å². The maximum absolute atomic E-state index is 11.0. The number of benzene rings is 2. The summed E-state index contributed by atoms with van der Waals surface area (Å²) in [7, 11) is 0. The first kappa shape index (κ1) is 15.4. The van der Waals surface area contributed by atoms with Crippen molar-refractivity contribution >= 4 is 27.6 Å². The van der Waals surface area contributed by atoms with E-state index in [-0.39, 0.29) is 5.56 Å². The number of carboxylic acids is 1. The average molecular weight is 350 g/mol. The molecule has 0 saturated heterocycles. The molecule has 0 spiro atoms. The van der Waals surface area contributed by atoms with Gasteiger partial charge in [-0.1, -0.05) is 34.1 Å². The molecule has 2 rings (SSSR count). The minimum atomic E-state index is -0.985. The summed E-state index contributed by atoms with van der Waals surface area (Å²) in [6, 6.07) is 12.6. The van der Waals surface area contributed by atoms with Gasteiger partial charge in [-0.2, -0.15) is 0 Å². The summed E-state index contributed by atoms with van der Waals surface area (Å²) < 4.78 is 6.57. The third-order valence-electron chi connectivity index (χ3n) is 2.98. The number of halogens is 1. The minimum Gasteiger partial charge on any atom is -0.491 e. The van der Waals surface area contributed by atoms with Crippen LogP contribution in [0.1, 0.15) is 15.9 Å². The number of carbonyl (C=O) groups is 1. The number of nitrogens with one attached hydrogen (secondary N) is 1. The number of carboxylic acid groups (broad SMARTS) is 1. The lowest BCUT2D eigenvalue weighted by atomic mass is 10.2. The molecule has 0 heterocycles. The molecule has 0 bridgehead atoms. The van der Waals surface area contributed by atoms with Crippen molar-refractivity contribution in [1.82, 2.24) is 0 Å². The molecule has 4 nitrogen and oxygen atoms in total. The van der Waals surface area contributed by atoms with Crippen molar-refractivity contribution in [3.63, 3.8) is 0 Å². The molecule has 5 heteroatoms. The zero-order chi connectivity index (χ0) is 15.2. The highest BCUT2D eigenvalue weighted by atomic mass is 79.9. The molecule has 0 unspecified atom stereocenters. The van der Waals surface area contributed by atoms with Crippen molar-refractivity contribution in [2.75, 3.05) is 18.5 Å². The predicted molar refractivity (Wildman–Crippen MR) is 86.3 cm³/mol. The number of anilines is 1. The SMILES string of the molecule is Cc1ccc(NCCOc2ccccc2C(=O)O)cc1Br. The molecule has 2 aromatic carbocycles. The lowest BCUT2D eigenvalue weighted by molar-refractivity contribution is 0.0692. The summed E-state index contributed by atoms with van der Waals surface area (Å²) >= 11 is 3.48. The Kier molecular flexibility index (Phi) is 5.22. The molecule has 0 radical (unpaired) electrons. The number of hydrogen-bond acceptors (Lipinski definition) is 3. The Hall–Kier alpha value is -2.01. The van der Waals surface area contributed by atoms with Gasteiger partial charge in [0.05, 0.1) is 0 Å². The molecule has 0 aliphatic carbocycles. The van der Waals surface area contributed by atoms with E-state index in [4.69, 9.17) is 9.84 Å². The van der Waals surface area contributed by atoms with E-state index in [0.717, 1.165) is 10.2 Å². The molecule has 0 aliphatic rings. The van der Waals surface area contributed by atoms with Crippen LogP contribution in [0, 0.1) is 6.92 Å². The van der Waals surface area contributed by atoms with Crippen LogP contribution < -0.4 is 10.1 Å². The van der Waals surface area contributed by atoms with E-state index < -0.39 is 5.97 Å². The van der Waals surface area contributed by atoms with E-state index in [1.165, 1.54) is 11.6 Å². The maximum atomic E-state index is 11.0. The fourth-order valence-corrected chi connectivity index (χ4v) is 2.21. The Balaban J connectivity index is 1.87. The first-order valence-electron chi connectivity index (χ1n) is 6.53. The quantitative estimate of drug-likeness (QED) is 0.775. The summed E-state index contributed by atoms with van der Waals surface area (Å²) in [6.45, 7) is 3.00. The van der Waals surface area contributed by atoms with Gasteiger partial charge in [0.1, 0.15) is 17.9 Å². The smallest absolute Gasteiger partial charge is 0.339 e. The molecule has 0 aliphatic heterocycles. The topological polar surface area (TPSA) is 58.6 Å². The third-order valence-corrected chi connectivity index (χ3v) is 3.83. The second kappa shape index (κ2) is 7.13. The van der Waals surface area contributed by atoms with E-state index in [2.05, 4.69) is 21.2 Å². The van der Waals surface area contributed by atoms with E-state index in [1.54, 1.807) is 18.2 Å². The molecule has 0 atom stereocenters. The van der Waals surface area contributed by atoms with Crippen LogP contribution in [-0.4, -0.2) is 24.2 Å². The van der Waals surface area contributed by atoms with E-state index >= 15 is 0 Å². The number of aromatic carboxylic acids is 1.